The van der Waals surface area contributed by atoms with Crippen molar-refractivity contribution in [1.82, 2.24) is 9.88 Å². The third kappa shape index (κ3) is 4.87. The Balaban J connectivity index is 1.36. The zero-order chi connectivity index (χ0) is 21.8. The van der Waals surface area contributed by atoms with Crippen molar-refractivity contribution in [3.63, 3.8) is 0 Å². The minimum absolute atomic E-state index is 0.159. The Hall–Kier alpha value is -2.95. The number of nitrogens with zero attached hydrogens (tertiary/aromatic N) is 3. The third-order valence-corrected chi connectivity index (χ3v) is 7.28. The average molecular weight is 459 g/mol. The van der Waals surface area contributed by atoms with Gasteiger partial charge in [-0.3, -0.25) is 9.52 Å². The minimum Gasteiger partial charge on any atom is -0.378 e. The van der Waals surface area contributed by atoms with Gasteiger partial charge in [0.15, 0.2) is 11.2 Å². The molecule has 2 N–H and O–H groups in total. The second kappa shape index (κ2) is 9.04. The number of aromatic nitrogens is 1. The second-order valence-electron chi connectivity index (χ2n) is 7.06. The van der Waals surface area contributed by atoms with Gasteiger partial charge in [-0.1, -0.05) is 30.3 Å². The fraction of sp³-hybridized carbons (Fsp3) is 0.238. The predicted molar refractivity (Wildman–Crippen MR) is 120 cm³/mol. The van der Waals surface area contributed by atoms with Gasteiger partial charge in [0, 0.05) is 43.4 Å². The maximum absolute atomic E-state index is 12.6. The van der Waals surface area contributed by atoms with Crippen LogP contribution in [-0.2, 0) is 14.8 Å². The molecule has 0 saturated carbocycles. The van der Waals surface area contributed by atoms with E-state index in [0.717, 1.165) is 5.69 Å². The van der Waals surface area contributed by atoms with E-state index in [0.29, 0.717) is 36.9 Å². The van der Waals surface area contributed by atoms with Crippen LogP contribution in [0, 0.1) is 0 Å². The first-order valence-electron chi connectivity index (χ1n) is 9.73. The Morgan fingerprint density at radius 2 is 1.71 bits per heavy atom. The standard InChI is InChI=1S/C21H22N4O4S2/c26-19(16-4-2-1-3-5-16)20(27)25-13-11-24(12-14-25)17-6-8-18(9-7-17)31(28,29)23-21-22-10-15-30-21/h1-10,15,19,26H,11-14H2,(H,22,23). The van der Waals surface area contributed by atoms with Gasteiger partial charge in [0.1, 0.15) is 0 Å². The SMILES string of the molecule is O=C(C(O)c1ccccc1)N1CCN(c2ccc(S(=O)(=O)Nc3nccs3)cc2)CC1. The molecule has 1 atom stereocenters. The number of anilines is 2. The highest BCUT2D eigenvalue weighted by atomic mass is 32.2. The lowest BCUT2D eigenvalue weighted by Gasteiger charge is -2.37. The second-order valence-corrected chi connectivity index (χ2v) is 9.64. The van der Waals surface area contributed by atoms with Crippen molar-refractivity contribution >= 4 is 38.1 Å². The third-order valence-electron chi connectivity index (χ3n) is 5.11. The molecule has 4 rings (SSSR count). The monoisotopic (exact) mass is 458 g/mol. The number of piperazine rings is 1. The van der Waals surface area contributed by atoms with Crippen molar-refractivity contribution in [2.24, 2.45) is 0 Å². The zero-order valence-corrected chi connectivity index (χ0v) is 18.2. The van der Waals surface area contributed by atoms with E-state index in [1.165, 1.54) is 17.5 Å². The van der Waals surface area contributed by atoms with Crippen LogP contribution >= 0.6 is 11.3 Å². The maximum Gasteiger partial charge on any atom is 0.263 e. The first kappa shape index (κ1) is 21.3. The van der Waals surface area contributed by atoms with Crippen molar-refractivity contribution in [1.29, 1.82) is 0 Å². The van der Waals surface area contributed by atoms with Crippen LogP contribution < -0.4 is 9.62 Å². The molecular formula is C21H22N4O4S2. The Bertz CT molecular complexity index is 1110. The van der Waals surface area contributed by atoms with Gasteiger partial charge >= 0.3 is 0 Å². The van der Waals surface area contributed by atoms with Gasteiger partial charge in [0.05, 0.1) is 4.90 Å². The molecule has 1 aromatic heterocycles. The number of nitrogens with one attached hydrogen (secondary N) is 1. The highest BCUT2D eigenvalue weighted by Gasteiger charge is 2.27. The van der Waals surface area contributed by atoms with E-state index in [2.05, 4.69) is 14.6 Å². The van der Waals surface area contributed by atoms with Crippen LogP contribution in [0.1, 0.15) is 11.7 Å². The van der Waals surface area contributed by atoms with Crippen molar-refractivity contribution in [2.75, 3.05) is 35.8 Å². The van der Waals surface area contributed by atoms with Crippen LogP contribution in [-0.4, -0.2) is 55.5 Å². The fourth-order valence-corrected chi connectivity index (χ4v) is 5.21. The average Bonchev–Trinajstić information content (AvgIpc) is 3.31. The van der Waals surface area contributed by atoms with Gasteiger partial charge in [-0.05, 0) is 29.8 Å². The number of sulfonamides is 1. The molecule has 0 spiro atoms. The van der Waals surface area contributed by atoms with Crippen LogP contribution in [0.15, 0.2) is 71.1 Å². The molecule has 0 radical (unpaired) electrons. The van der Waals surface area contributed by atoms with E-state index in [1.54, 1.807) is 58.8 Å². The molecule has 1 unspecified atom stereocenters. The Labute approximate surface area is 184 Å². The Morgan fingerprint density at radius 1 is 1.03 bits per heavy atom. The highest BCUT2D eigenvalue weighted by Crippen LogP contribution is 2.23. The summed E-state index contributed by atoms with van der Waals surface area (Å²) in [5, 5.41) is 12.4. The summed E-state index contributed by atoms with van der Waals surface area (Å²) in [6, 6.07) is 15.5. The van der Waals surface area contributed by atoms with E-state index in [4.69, 9.17) is 0 Å². The number of thiazole rings is 1. The van der Waals surface area contributed by atoms with Crippen LogP contribution in [0.5, 0.6) is 0 Å². The Kier molecular flexibility index (Phi) is 6.21. The van der Waals surface area contributed by atoms with E-state index < -0.39 is 16.1 Å². The summed E-state index contributed by atoms with van der Waals surface area (Å²) in [4.78, 5) is 20.5. The quantitative estimate of drug-likeness (QED) is 0.588. The molecule has 3 aromatic rings. The highest BCUT2D eigenvalue weighted by molar-refractivity contribution is 7.93. The lowest BCUT2D eigenvalue weighted by Crippen LogP contribution is -2.50. The number of aliphatic hydroxyl groups excluding tert-OH is 1. The molecule has 0 aliphatic carbocycles. The molecule has 8 nitrogen and oxygen atoms in total. The van der Waals surface area contributed by atoms with Gasteiger partial charge < -0.3 is 14.9 Å². The van der Waals surface area contributed by atoms with Crippen molar-refractivity contribution in [3.05, 3.63) is 71.7 Å². The van der Waals surface area contributed by atoms with Gasteiger partial charge in [-0.25, -0.2) is 13.4 Å². The largest absolute Gasteiger partial charge is 0.378 e. The van der Waals surface area contributed by atoms with Gasteiger partial charge in [-0.2, -0.15) is 0 Å². The number of hydrogen-bond donors (Lipinski definition) is 2. The van der Waals surface area contributed by atoms with Gasteiger partial charge in [0.25, 0.3) is 15.9 Å². The molecule has 1 aliphatic heterocycles. The molecular weight excluding hydrogens is 436 g/mol. The van der Waals surface area contributed by atoms with Crippen LogP contribution in [0.25, 0.3) is 0 Å². The summed E-state index contributed by atoms with van der Waals surface area (Å²) in [7, 11) is -3.69. The smallest absolute Gasteiger partial charge is 0.263 e. The van der Waals surface area contributed by atoms with E-state index >= 15 is 0 Å². The predicted octanol–water partition coefficient (Wildman–Crippen LogP) is 2.33. The maximum atomic E-state index is 12.6. The van der Waals surface area contributed by atoms with Crippen molar-refractivity contribution in [3.8, 4) is 0 Å². The summed E-state index contributed by atoms with van der Waals surface area (Å²) in [6.07, 6.45) is 0.372. The summed E-state index contributed by atoms with van der Waals surface area (Å²) < 4.78 is 27.4. The molecule has 162 valence electrons. The lowest BCUT2D eigenvalue weighted by molar-refractivity contribution is -0.140. The molecule has 1 fully saturated rings. The molecule has 31 heavy (non-hydrogen) atoms. The Morgan fingerprint density at radius 3 is 2.32 bits per heavy atom. The number of amides is 1. The topological polar surface area (TPSA) is 103 Å². The number of benzene rings is 2. The van der Waals surface area contributed by atoms with E-state index in [1.807, 2.05) is 6.07 Å². The molecule has 2 aromatic carbocycles. The lowest BCUT2D eigenvalue weighted by atomic mass is 10.1. The summed E-state index contributed by atoms with van der Waals surface area (Å²) in [6.45, 7) is 2.15. The normalized spacial score (nSPS) is 15.5. The molecule has 1 amide bonds. The first-order chi connectivity index (χ1) is 14.9. The molecule has 1 saturated heterocycles. The molecule has 2 heterocycles. The van der Waals surface area contributed by atoms with Crippen LogP contribution in [0.2, 0.25) is 0 Å². The van der Waals surface area contributed by atoms with Gasteiger partial charge in [-0.15, -0.1) is 11.3 Å². The molecule has 10 heteroatoms. The number of carbonyl (C=O) groups excluding carboxylic acids is 1. The van der Waals surface area contributed by atoms with E-state index in [9.17, 15) is 18.3 Å². The number of hydrogen-bond acceptors (Lipinski definition) is 7. The minimum atomic E-state index is -3.69. The van der Waals surface area contributed by atoms with E-state index in [-0.39, 0.29) is 10.8 Å². The van der Waals surface area contributed by atoms with Crippen LogP contribution in [0.4, 0.5) is 10.8 Å². The number of carbonyl (C=O) groups is 1. The number of rotatable bonds is 6. The van der Waals surface area contributed by atoms with Crippen molar-refractivity contribution < 1.29 is 18.3 Å². The van der Waals surface area contributed by atoms with Gasteiger partial charge in [0.2, 0.25) is 0 Å². The summed E-state index contributed by atoms with van der Waals surface area (Å²) >= 11 is 1.21. The molecule has 1 aliphatic rings. The van der Waals surface area contributed by atoms with Crippen molar-refractivity contribution in [2.45, 2.75) is 11.0 Å². The molecule has 0 bridgehead atoms. The first-order valence-corrected chi connectivity index (χ1v) is 12.1. The summed E-state index contributed by atoms with van der Waals surface area (Å²) in [5.74, 6) is -0.305. The van der Waals surface area contributed by atoms with Crippen LogP contribution in [0.3, 0.4) is 0 Å². The summed E-state index contributed by atoms with van der Waals surface area (Å²) in [5.41, 5.74) is 1.46. The zero-order valence-electron chi connectivity index (χ0n) is 16.6. The fourth-order valence-electron chi connectivity index (χ4n) is 3.42. The number of aliphatic hydroxyl groups is 1.